The van der Waals surface area contributed by atoms with Gasteiger partial charge >= 0.3 is 0 Å². The van der Waals surface area contributed by atoms with Gasteiger partial charge in [0.2, 0.25) is 12.7 Å². The van der Waals surface area contributed by atoms with Crippen LogP contribution in [0.15, 0.2) is 41.3 Å². The fourth-order valence-corrected chi connectivity index (χ4v) is 3.73. The largest absolute Gasteiger partial charge is 0.454 e. The minimum Gasteiger partial charge on any atom is -0.454 e. The van der Waals surface area contributed by atoms with Gasteiger partial charge in [-0.25, -0.2) is 4.39 Å². The molecule has 0 spiro atoms. The first-order valence-corrected chi connectivity index (χ1v) is 9.50. The van der Waals surface area contributed by atoms with E-state index in [1.54, 1.807) is 24.3 Å². The molecule has 0 atom stereocenters. The van der Waals surface area contributed by atoms with E-state index in [9.17, 15) is 18.8 Å². The fraction of sp³-hybridized carbons (Fsp3) is 0.105. The Kier molecular flexibility index (Phi) is 5.16. The Bertz CT molecular complexity index is 1070. The Balaban J connectivity index is 1.45. The predicted molar refractivity (Wildman–Crippen MR) is 105 cm³/mol. The summed E-state index contributed by atoms with van der Waals surface area (Å²) in [5.74, 6) is -0.656. The van der Waals surface area contributed by atoms with Crippen LogP contribution in [-0.2, 0) is 9.59 Å². The standard InChI is InChI=1S/C19H12ClFN2O5S/c20-12-7-11(2-3-13(12)21)22-17(24)8-23-18(25)16(29-19(23)26)6-10-1-4-14-15(5-10)28-9-27-14/h1-7H,8-9H2,(H,22,24)/b16-6+. The average Bonchev–Trinajstić information content (AvgIpc) is 3.24. The number of amides is 3. The van der Waals surface area contributed by atoms with Crippen molar-refractivity contribution in [2.24, 2.45) is 0 Å². The third-order valence-corrected chi connectivity index (χ3v) is 5.27. The van der Waals surface area contributed by atoms with E-state index in [0.29, 0.717) is 17.1 Å². The molecule has 3 amide bonds. The molecule has 29 heavy (non-hydrogen) atoms. The van der Waals surface area contributed by atoms with Crippen LogP contribution in [0.1, 0.15) is 5.56 Å². The normalized spacial score (nSPS) is 16.6. The van der Waals surface area contributed by atoms with Crippen molar-refractivity contribution >= 4 is 52.2 Å². The molecule has 10 heteroatoms. The van der Waals surface area contributed by atoms with E-state index in [1.807, 2.05) is 0 Å². The van der Waals surface area contributed by atoms with Gasteiger partial charge in [0.05, 0.1) is 9.93 Å². The molecule has 1 N–H and O–H groups in total. The number of carbonyl (C=O) groups excluding carboxylic acids is 3. The summed E-state index contributed by atoms with van der Waals surface area (Å²) in [7, 11) is 0. The summed E-state index contributed by atoms with van der Waals surface area (Å²) in [6, 6.07) is 8.80. The van der Waals surface area contributed by atoms with Crippen molar-refractivity contribution in [3.63, 3.8) is 0 Å². The van der Waals surface area contributed by atoms with Gasteiger partial charge in [-0.15, -0.1) is 0 Å². The highest BCUT2D eigenvalue weighted by Crippen LogP contribution is 2.36. The number of carbonyl (C=O) groups is 3. The summed E-state index contributed by atoms with van der Waals surface area (Å²) in [5.41, 5.74) is 0.912. The molecule has 2 aliphatic rings. The highest BCUT2D eigenvalue weighted by Gasteiger charge is 2.36. The van der Waals surface area contributed by atoms with Crippen molar-refractivity contribution < 1.29 is 28.2 Å². The van der Waals surface area contributed by atoms with Crippen molar-refractivity contribution in [2.45, 2.75) is 0 Å². The molecule has 2 aromatic rings. The van der Waals surface area contributed by atoms with Crippen molar-refractivity contribution in [2.75, 3.05) is 18.7 Å². The van der Waals surface area contributed by atoms with E-state index >= 15 is 0 Å². The predicted octanol–water partition coefficient (Wildman–Crippen LogP) is 3.88. The lowest BCUT2D eigenvalue weighted by Gasteiger charge is -2.12. The van der Waals surface area contributed by atoms with Crippen molar-refractivity contribution in [3.8, 4) is 11.5 Å². The molecule has 0 aromatic heterocycles. The molecule has 2 heterocycles. The second-order valence-electron chi connectivity index (χ2n) is 6.06. The van der Waals surface area contributed by atoms with Crippen LogP contribution in [-0.4, -0.2) is 35.3 Å². The summed E-state index contributed by atoms with van der Waals surface area (Å²) in [6.45, 7) is -0.345. The monoisotopic (exact) mass is 434 g/mol. The number of benzene rings is 2. The minimum absolute atomic E-state index is 0.129. The van der Waals surface area contributed by atoms with Crippen LogP contribution in [0.3, 0.4) is 0 Å². The van der Waals surface area contributed by atoms with E-state index in [-0.39, 0.29) is 22.4 Å². The number of anilines is 1. The summed E-state index contributed by atoms with van der Waals surface area (Å²) in [6.07, 6.45) is 1.55. The topological polar surface area (TPSA) is 84.9 Å². The number of halogens is 2. The first kappa shape index (κ1) is 19.3. The van der Waals surface area contributed by atoms with Gasteiger partial charge in [0, 0.05) is 5.69 Å². The van der Waals surface area contributed by atoms with E-state index in [4.69, 9.17) is 21.1 Å². The molecule has 0 saturated carbocycles. The van der Waals surface area contributed by atoms with Gasteiger partial charge in [0.15, 0.2) is 11.5 Å². The molecular formula is C19H12ClFN2O5S. The lowest BCUT2D eigenvalue weighted by Crippen LogP contribution is -2.36. The van der Waals surface area contributed by atoms with Crippen molar-refractivity contribution in [1.82, 2.24) is 4.90 Å². The van der Waals surface area contributed by atoms with Gasteiger partial charge in [0.25, 0.3) is 11.1 Å². The maximum Gasteiger partial charge on any atom is 0.294 e. The molecule has 1 saturated heterocycles. The van der Waals surface area contributed by atoms with Gasteiger partial charge < -0.3 is 14.8 Å². The Morgan fingerprint density at radius 3 is 2.79 bits per heavy atom. The SMILES string of the molecule is O=C(CN1C(=O)S/C(=C/c2ccc3c(c2)OCO3)C1=O)Nc1ccc(F)c(Cl)c1. The minimum atomic E-state index is -0.621. The van der Waals surface area contributed by atoms with E-state index < -0.39 is 29.4 Å². The van der Waals surface area contributed by atoms with Crippen LogP contribution in [0, 0.1) is 5.82 Å². The molecule has 0 unspecified atom stereocenters. The van der Waals surface area contributed by atoms with Gasteiger partial charge in [-0.05, 0) is 53.7 Å². The van der Waals surface area contributed by atoms with Gasteiger partial charge in [-0.2, -0.15) is 0 Å². The molecule has 1 fully saturated rings. The maximum absolute atomic E-state index is 13.2. The summed E-state index contributed by atoms with van der Waals surface area (Å²) < 4.78 is 23.7. The molecular weight excluding hydrogens is 423 g/mol. The number of hydrogen-bond donors (Lipinski definition) is 1. The molecule has 2 aliphatic heterocycles. The zero-order chi connectivity index (χ0) is 20.5. The second kappa shape index (κ2) is 7.76. The van der Waals surface area contributed by atoms with Gasteiger partial charge in [0.1, 0.15) is 12.4 Å². The molecule has 0 radical (unpaired) electrons. The molecule has 7 nitrogen and oxygen atoms in total. The highest BCUT2D eigenvalue weighted by molar-refractivity contribution is 8.18. The lowest BCUT2D eigenvalue weighted by atomic mass is 10.2. The molecule has 148 valence electrons. The molecule has 2 aromatic carbocycles. The van der Waals surface area contributed by atoms with Gasteiger partial charge in [-0.1, -0.05) is 17.7 Å². The number of thioether (sulfide) groups is 1. The van der Waals surface area contributed by atoms with E-state index in [2.05, 4.69) is 5.32 Å². The number of fused-ring (bicyclic) bond motifs is 1. The van der Waals surface area contributed by atoms with Crippen LogP contribution >= 0.6 is 23.4 Å². The van der Waals surface area contributed by atoms with Crippen LogP contribution in [0.2, 0.25) is 5.02 Å². The number of nitrogens with zero attached hydrogens (tertiary/aromatic N) is 1. The first-order valence-electron chi connectivity index (χ1n) is 8.30. The summed E-state index contributed by atoms with van der Waals surface area (Å²) in [4.78, 5) is 38.0. The Morgan fingerprint density at radius 2 is 2.00 bits per heavy atom. The van der Waals surface area contributed by atoms with Crippen LogP contribution in [0.5, 0.6) is 11.5 Å². The van der Waals surface area contributed by atoms with Crippen LogP contribution in [0.4, 0.5) is 14.9 Å². The lowest BCUT2D eigenvalue weighted by molar-refractivity contribution is -0.127. The Morgan fingerprint density at radius 1 is 1.21 bits per heavy atom. The molecule has 0 bridgehead atoms. The van der Waals surface area contributed by atoms with E-state index in [1.165, 1.54) is 12.1 Å². The number of rotatable bonds is 4. The van der Waals surface area contributed by atoms with Crippen LogP contribution < -0.4 is 14.8 Å². The number of ether oxygens (including phenoxy) is 2. The zero-order valence-corrected chi connectivity index (χ0v) is 16.2. The summed E-state index contributed by atoms with van der Waals surface area (Å²) >= 11 is 6.41. The number of nitrogens with one attached hydrogen (secondary N) is 1. The second-order valence-corrected chi connectivity index (χ2v) is 7.46. The zero-order valence-electron chi connectivity index (χ0n) is 14.6. The third-order valence-electron chi connectivity index (χ3n) is 4.07. The average molecular weight is 435 g/mol. The van der Waals surface area contributed by atoms with Gasteiger partial charge in [-0.3, -0.25) is 19.3 Å². The summed E-state index contributed by atoms with van der Waals surface area (Å²) in [5, 5.41) is 1.76. The third kappa shape index (κ3) is 4.06. The Hall–Kier alpha value is -3.04. The van der Waals surface area contributed by atoms with Crippen molar-refractivity contribution in [1.29, 1.82) is 0 Å². The highest BCUT2D eigenvalue weighted by atomic mass is 35.5. The maximum atomic E-state index is 13.2. The number of imide groups is 1. The molecule has 4 rings (SSSR count). The van der Waals surface area contributed by atoms with Crippen LogP contribution in [0.25, 0.3) is 6.08 Å². The van der Waals surface area contributed by atoms with Crippen molar-refractivity contribution in [3.05, 3.63) is 57.7 Å². The Labute approximate surface area is 173 Å². The van der Waals surface area contributed by atoms with E-state index in [0.717, 1.165) is 22.7 Å². The quantitative estimate of drug-likeness (QED) is 0.735. The number of hydrogen-bond acceptors (Lipinski definition) is 6. The molecule has 0 aliphatic carbocycles. The first-order chi connectivity index (χ1) is 13.9. The fourth-order valence-electron chi connectivity index (χ4n) is 2.71. The smallest absolute Gasteiger partial charge is 0.294 e.